The first-order chi connectivity index (χ1) is 28.2. The van der Waals surface area contributed by atoms with Crippen LogP contribution in [0.25, 0.3) is 0 Å². The lowest BCUT2D eigenvalue weighted by molar-refractivity contribution is -0.167. The van der Waals surface area contributed by atoms with Crippen LogP contribution >= 0.6 is 0 Å². The minimum atomic E-state index is -0.763. The Morgan fingerprint density at radius 1 is 0.345 bits per heavy atom. The molecule has 2 unspecified atom stereocenters. The molecular formula is C52H100O6. The number of hydrogen-bond donors (Lipinski definition) is 0. The predicted molar refractivity (Wildman–Crippen MR) is 247 cm³/mol. The summed E-state index contributed by atoms with van der Waals surface area (Å²) in [4.78, 5) is 37.9. The summed E-state index contributed by atoms with van der Waals surface area (Å²) in [6.45, 7) is 13.7. The highest BCUT2D eigenvalue weighted by molar-refractivity contribution is 5.71. The van der Waals surface area contributed by atoms with E-state index in [1.807, 2.05) is 0 Å². The Bertz CT molecular complexity index is 902. The molecule has 6 nitrogen and oxygen atoms in total. The smallest absolute Gasteiger partial charge is 0.306 e. The predicted octanol–water partition coefficient (Wildman–Crippen LogP) is 16.4. The fourth-order valence-electron chi connectivity index (χ4n) is 7.70. The average molecular weight is 821 g/mol. The van der Waals surface area contributed by atoms with Crippen LogP contribution in [0.3, 0.4) is 0 Å². The Balaban J connectivity index is 4.35. The molecule has 0 aliphatic heterocycles. The van der Waals surface area contributed by atoms with E-state index in [1.54, 1.807) is 0 Å². The fourth-order valence-corrected chi connectivity index (χ4v) is 7.70. The van der Waals surface area contributed by atoms with Gasteiger partial charge in [0, 0.05) is 19.3 Å². The zero-order valence-electron chi connectivity index (χ0n) is 39.8. The van der Waals surface area contributed by atoms with Gasteiger partial charge in [-0.3, -0.25) is 14.4 Å². The molecule has 0 fully saturated rings. The molecule has 0 aromatic carbocycles. The van der Waals surface area contributed by atoms with Crippen molar-refractivity contribution in [2.24, 2.45) is 17.8 Å². The van der Waals surface area contributed by atoms with Crippen molar-refractivity contribution in [3.05, 3.63) is 0 Å². The molecule has 0 aromatic rings. The lowest BCUT2D eigenvalue weighted by Gasteiger charge is -2.18. The van der Waals surface area contributed by atoms with Crippen LogP contribution in [0.5, 0.6) is 0 Å². The lowest BCUT2D eigenvalue weighted by Crippen LogP contribution is -2.30. The maximum absolute atomic E-state index is 12.8. The molecule has 3 atom stereocenters. The first kappa shape index (κ1) is 56.4. The van der Waals surface area contributed by atoms with Crippen LogP contribution < -0.4 is 0 Å². The van der Waals surface area contributed by atoms with Gasteiger partial charge in [0.15, 0.2) is 6.10 Å². The molecule has 0 radical (unpaired) electrons. The highest BCUT2D eigenvalue weighted by atomic mass is 16.6. The Labute approximate surface area is 361 Å². The van der Waals surface area contributed by atoms with Gasteiger partial charge in [0.05, 0.1) is 0 Å². The van der Waals surface area contributed by atoms with Crippen molar-refractivity contribution in [2.45, 2.75) is 285 Å². The number of hydrogen-bond acceptors (Lipinski definition) is 6. The molecule has 0 N–H and O–H groups in total. The van der Waals surface area contributed by atoms with Crippen molar-refractivity contribution >= 4 is 17.9 Å². The Hall–Kier alpha value is -1.59. The number of ether oxygens (including phenoxy) is 3. The van der Waals surface area contributed by atoms with E-state index < -0.39 is 6.10 Å². The van der Waals surface area contributed by atoms with E-state index in [-0.39, 0.29) is 31.1 Å². The molecule has 0 saturated carbocycles. The van der Waals surface area contributed by atoms with E-state index >= 15 is 0 Å². The molecule has 0 rings (SSSR count). The van der Waals surface area contributed by atoms with E-state index in [9.17, 15) is 14.4 Å². The minimum absolute atomic E-state index is 0.0652. The summed E-state index contributed by atoms with van der Waals surface area (Å²) in [6.07, 6.45) is 42.2. The number of carbonyl (C=O) groups is 3. The summed E-state index contributed by atoms with van der Waals surface area (Å²) in [6, 6.07) is 0. The maximum Gasteiger partial charge on any atom is 0.306 e. The maximum atomic E-state index is 12.8. The number of carbonyl (C=O) groups excluding carboxylic acids is 3. The van der Waals surface area contributed by atoms with Gasteiger partial charge in [0.1, 0.15) is 13.2 Å². The SMILES string of the molecule is CCC(C)CCCCCCCCCCCCC(=O)OC[C@H](COC(=O)CCCCCCCCCCC(C)CC)OC(=O)CCCCCCCCCCCCCC(C)C. The van der Waals surface area contributed by atoms with Crippen molar-refractivity contribution in [2.75, 3.05) is 13.2 Å². The quantitative estimate of drug-likeness (QED) is 0.0346. The van der Waals surface area contributed by atoms with Gasteiger partial charge in [-0.1, -0.05) is 241 Å². The minimum Gasteiger partial charge on any atom is -0.462 e. The summed E-state index contributed by atoms with van der Waals surface area (Å²) in [5, 5.41) is 0. The second-order valence-corrected chi connectivity index (χ2v) is 18.8. The Morgan fingerprint density at radius 3 is 0.897 bits per heavy atom. The molecule has 344 valence electrons. The molecule has 0 saturated heterocycles. The van der Waals surface area contributed by atoms with E-state index in [0.29, 0.717) is 19.3 Å². The number of unbranched alkanes of at least 4 members (excludes halogenated alkanes) is 26. The van der Waals surface area contributed by atoms with Crippen molar-refractivity contribution in [1.29, 1.82) is 0 Å². The fraction of sp³-hybridized carbons (Fsp3) is 0.942. The topological polar surface area (TPSA) is 78.9 Å². The molecule has 0 bridgehead atoms. The van der Waals surface area contributed by atoms with Crippen LogP contribution in [0.1, 0.15) is 279 Å². The summed E-state index contributed by atoms with van der Waals surface area (Å²) >= 11 is 0. The Kier molecular flexibility index (Phi) is 42.3. The summed E-state index contributed by atoms with van der Waals surface area (Å²) in [5.41, 5.74) is 0. The van der Waals surface area contributed by atoms with Crippen molar-refractivity contribution in [3.8, 4) is 0 Å². The van der Waals surface area contributed by atoms with Gasteiger partial charge in [-0.2, -0.15) is 0 Å². The lowest BCUT2D eigenvalue weighted by atomic mass is 9.99. The summed E-state index contributed by atoms with van der Waals surface area (Å²) in [7, 11) is 0. The van der Waals surface area contributed by atoms with Crippen LogP contribution in [0.2, 0.25) is 0 Å². The largest absolute Gasteiger partial charge is 0.462 e. The van der Waals surface area contributed by atoms with Gasteiger partial charge < -0.3 is 14.2 Å². The van der Waals surface area contributed by atoms with E-state index in [1.165, 1.54) is 161 Å². The van der Waals surface area contributed by atoms with Crippen LogP contribution in [0.4, 0.5) is 0 Å². The van der Waals surface area contributed by atoms with Gasteiger partial charge in [-0.25, -0.2) is 0 Å². The van der Waals surface area contributed by atoms with Crippen LogP contribution in [0, 0.1) is 17.8 Å². The summed E-state index contributed by atoms with van der Waals surface area (Å²) in [5.74, 6) is 1.69. The van der Waals surface area contributed by atoms with Crippen molar-refractivity contribution in [1.82, 2.24) is 0 Å². The first-order valence-corrected chi connectivity index (χ1v) is 25.7. The molecule has 6 heteroatoms. The molecule has 58 heavy (non-hydrogen) atoms. The molecule has 0 aliphatic rings. The average Bonchev–Trinajstić information content (AvgIpc) is 3.21. The molecule has 0 spiro atoms. The van der Waals surface area contributed by atoms with Gasteiger partial charge in [-0.05, 0) is 37.0 Å². The monoisotopic (exact) mass is 821 g/mol. The van der Waals surface area contributed by atoms with Gasteiger partial charge in [0.2, 0.25) is 0 Å². The molecule has 0 aliphatic carbocycles. The van der Waals surface area contributed by atoms with Crippen LogP contribution in [-0.2, 0) is 28.6 Å². The van der Waals surface area contributed by atoms with E-state index in [2.05, 4.69) is 41.5 Å². The van der Waals surface area contributed by atoms with Gasteiger partial charge in [0.25, 0.3) is 0 Å². The van der Waals surface area contributed by atoms with Crippen molar-refractivity contribution in [3.63, 3.8) is 0 Å². The van der Waals surface area contributed by atoms with Crippen LogP contribution in [-0.4, -0.2) is 37.2 Å². The third-order valence-corrected chi connectivity index (χ3v) is 12.4. The third-order valence-electron chi connectivity index (χ3n) is 12.4. The summed E-state index contributed by atoms with van der Waals surface area (Å²) < 4.78 is 16.8. The normalized spacial score (nSPS) is 13.1. The standard InChI is InChI=1S/C52H100O6/c1-7-47(5)39-33-27-21-15-12-13-16-23-29-35-41-50(53)56-44-49(45-57-51(54)42-36-30-24-19-18-22-28-34-40-48(6)8-2)58-52(55)43-37-31-25-17-11-9-10-14-20-26-32-38-46(3)4/h46-49H,7-45H2,1-6H3/t47?,48?,49-/m1/s1. The number of rotatable bonds is 45. The van der Waals surface area contributed by atoms with Crippen molar-refractivity contribution < 1.29 is 28.6 Å². The molecule has 0 amide bonds. The number of esters is 3. The zero-order chi connectivity index (χ0) is 42.7. The Morgan fingerprint density at radius 2 is 0.603 bits per heavy atom. The van der Waals surface area contributed by atoms with Gasteiger partial charge >= 0.3 is 17.9 Å². The zero-order valence-corrected chi connectivity index (χ0v) is 39.8. The highest BCUT2D eigenvalue weighted by Gasteiger charge is 2.19. The molecule has 0 heterocycles. The second kappa shape index (κ2) is 43.5. The third kappa shape index (κ3) is 42.5. The van der Waals surface area contributed by atoms with E-state index in [0.717, 1.165) is 75.5 Å². The van der Waals surface area contributed by atoms with E-state index in [4.69, 9.17) is 14.2 Å². The van der Waals surface area contributed by atoms with Crippen LogP contribution in [0.15, 0.2) is 0 Å². The van der Waals surface area contributed by atoms with Gasteiger partial charge in [-0.15, -0.1) is 0 Å². The first-order valence-electron chi connectivity index (χ1n) is 25.7. The second-order valence-electron chi connectivity index (χ2n) is 18.8. The highest BCUT2D eigenvalue weighted by Crippen LogP contribution is 2.18. The molecule has 0 aromatic heterocycles. The molecular weight excluding hydrogens is 721 g/mol.